The van der Waals surface area contributed by atoms with Crippen LogP contribution in [-0.2, 0) is 11.3 Å². The number of hydrogen-bond donors (Lipinski definition) is 1. The minimum Gasteiger partial charge on any atom is -0.454 e. The second-order valence-corrected chi connectivity index (χ2v) is 8.65. The lowest BCUT2D eigenvalue weighted by atomic mass is 10.2. The number of nitrogens with one attached hydrogen (secondary N) is 1. The molecule has 8 heteroatoms. The third-order valence-electron chi connectivity index (χ3n) is 4.85. The maximum absolute atomic E-state index is 12.9. The van der Waals surface area contributed by atoms with Crippen molar-refractivity contribution in [1.29, 1.82) is 0 Å². The standard InChI is InChI=1S/C22H23N3O4S/c1-13(2)25-21(27)16-6-4-5-7-17(16)24-22(25)30-14(3)20(26)23-11-15-8-9-18-19(10-15)29-12-28-18/h4-10,13-14H,11-12H2,1-3H3,(H,23,26)/t14-/m0/s1. The average Bonchev–Trinajstić information content (AvgIpc) is 3.19. The predicted molar refractivity (Wildman–Crippen MR) is 116 cm³/mol. The van der Waals surface area contributed by atoms with E-state index in [1.165, 1.54) is 11.8 Å². The highest BCUT2D eigenvalue weighted by Gasteiger charge is 2.21. The topological polar surface area (TPSA) is 82.5 Å². The fraction of sp³-hybridized carbons (Fsp3) is 0.318. The van der Waals surface area contributed by atoms with Gasteiger partial charge >= 0.3 is 0 Å². The summed E-state index contributed by atoms with van der Waals surface area (Å²) in [5.41, 5.74) is 1.47. The number of aromatic nitrogens is 2. The van der Waals surface area contributed by atoms with Crippen molar-refractivity contribution < 1.29 is 14.3 Å². The van der Waals surface area contributed by atoms with Crippen LogP contribution in [0, 0.1) is 0 Å². The van der Waals surface area contributed by atoms with E-state index in [9.17, 15) is 9.59 Å². The van der Waals surface area contributed by atoms with E-state index in [0.717, 1.165) is 5.56 Å². The van der Waals surface area contributed by atoms with Gasteiger partial charge in [0, 0.05) is 12.6 Å². The van der Waals surface area contributed by atoms with Gasteiger partial charge in [-0.1, -0.05) is 30.0 Å². The Morgan fingerprint density at radius 1 is 1.17 bits per heavy atom. The van der Waals surface area contributed by atoms with Gasteiger partial charge in [0.15, 0.2) is 16.7 Å². The van der Waals surface area contributed by atoms with Crippen molar-refractivity contribution in [3.05, 3.63) is 58.4 Å². The summed E-state index contributed by atoms with van der Waals surface area (Å²) in [6.45, 7) is 6.28. The van der Waals surface area contributed by atoms with Crippen molar-refractivity contribution in [2.45, 2.75) is 43.8 Å². The minimum absolute atomic E-state index is 0.0685. The van der Waals surface area contributed by atoms with Gasteiger partial charge in [-0.05, 0) is 50.6 Å². The second-order valence-electron chi connectivity index (χ2n) is 7.35. The number of hydrogen-bond acceptors (Lipinski definition) is 6. The van der Waals surface area contributed by atoms with E-state index in [-0.39, 0.29) is 24.3 Å². The summed E-state index contributed by atoms with van der Waals surface area (Å²) in [7, 11) is 0. The van der Waals surface area contributed by atoms with Crippen LogP contribution in [0.4, 0.5) is 0 Å². The molecular formula is C22H23N3O4S. The van der Waals surface area contributed by atoms with Gasteiger partial charge < -0.3 is 14.8 Å². The molecule has 1 N–H and O–H groups in total. The third kappa shape index (κ3) is 4.00. The van der Waals surface area contributed by atoms with E-state index in [1.54, 1.807) is 10.6 Å². The zero-order chi connectivity index (χ0) is 21.3. The first-order valence-electron chi connectivity index (χ1n) is 9.78. The number of carbonyl (C=O) groups is 1. The highest BCUT2D eigenvalue weighted by atomic mass is 32.2. The van der Waals surface area contributed by atoms with Crippen LogP contribution in [0.2, 0.25) is 0 Å². The zero-order valence-corrected chi connectivity index (χ0v) is 17.9. The molecule has 156 valence electrons. The quantitative estimate of drug-likeness (QED) is 0.481. The van der Waals surface area contributed by atoms with Crippen LogP contribution in [0.1, 0.15) is 32.4 Å². The first-order valence-corrected chi connectivity index (χ1v) is 10.7. The maximum atomic E-state index is 12.9. The molecule has 30 heavy (non-hydrogen) atoms. The number of amides is 1. The van der Waals surface area contributed by atoms with Gasteiger partial charge in [0.1, 0.15) is 0 Å². The molecule has 7 nitrogen and oxygen atoms in total. The number of benzene rings is 2. The van der Waals surface area contributed by atoms with Crippen LogP contribution in [0.15, 0.2) is 52.4 Å². The molecule has 1 amide bonds. The molecule has 1 atom stereocenters. The highest BCUT2D eigenvalue weighted by molar-refractivity contribution is 8.00. The van der Waals surface area contributed by atoms with E-state index in [4.69, 9.17) is 9.47 Å². The van der Waals surface area contributed by atoms with Crippen LogP contribution in [0.3, 0.4) is 0 Å². The van der Waals surface area contributed by atoms with Crippen LogP contribution in [-0.4, -0.2) is 27.5 Å². The van der Waals surface area contributed by atoms with Gasteiger partial charge in [-0.3, -0.25) is 14.2 Å². The molecule has 0 spiro atoms. The van der Waals surface area contributed by atoms with Crippen LogP contribution >= 0.6 is 11.8 Å². The monoisotopic (exact) mass is 425 g/mol. The fourth-order valence-electron chi connectivity index (χ4n) is 3.26. The number of fused-ring (bicyclic) bond motifs is 2. The lowest BCUT2D eigenvalue weighted by Gasteiger charge is -2.18. The molecule has 0 bridgehead atoms. The predicted octanol–water partition coefficient (Wildman–Crippen LogP) is 3.50. The molecule has 0 aliphatic carbocycles. The van der Waals surface area contributed by atoms with Crippen LogP contribution < -0.4 is 20.3 Å². The Hall–Kier alpha value is -3.00. The molecule has 3 aromatic rings. The summed E-state index contributed by atoms with van der Waals surface area (Å²) in [5.74, 6) is 1.27. The van der Waals surface area contributed by atoms with Gasteiger partial charge in [0.05, 0.1) is 16.2 Å². The first kappa shape index (κ1) is 20.3. The van der Waals surface area contributed by atoms with E-state index in [2.05, 4.69) is 10.3 Å². The van der Waals surface area contributed by atoms with Crippen molar-refractivity contribution in [1.82, 2.24) is 14.9 Å². The number of para-hydroxylation sites is 1. The molecular weight excluding hydrogens is 402 g/mol. The van der Waals surface area contributed by atoms with Crippen LogP contribution in [0.25, 0.3) is 10.9 Å². The SMILES string of the molecule is CC(C)n1c(S[C@@H](C)C(=O)NCc2ccc3c(c2)OCO3)nc2ccccc2c1=O. The highest BCUT2D eigenvalue weighted by Crippen LogP contribution is 2.32. The van der Waals surface area contributed by atoms with Gasteiger partial charge in [-0.25, -0.2) is 4.98 Å². The van der Waals surface area contributed by atoms with Gasteiger partial charge in [0.25, 0.3) is 5.56 Å². The van der Waals surface area contributed by atoms with E-state index in [1.807, 2.05) is 57.2 Å². The Balaban J connectivity index is 1.49. The van der Waals surface area contributed by atoms with E-state index in [0.29, 0.717) is 34.1 Å². The Labute approximate surface area is 178 Å². The van der Waals surface area contributed by atoms with Crippen molar-refractivity contribution in [3.8, 4) is 11.5 Å². The molecule has 2 heterocycles. The lowest BCUT2D eigenvalue weighted by molar-refractivity contribution is -0.120. The maximum Gasteiger partial charge on any atom is 0.262 e. The fourth-order valence-corrected chi connectivity index (χ4v) is 4.32. The number of nitrogens with zero attached hydrogens (tertiary/aromatic N) is 2. The molecule has 0 radical (unpaired) electrons. The zero-order valence-electron chi connectivity index (χ0n) is 17.0. The number of ether oxygens (including phenoxy) is 2. The van der Waals surface area contributed by atoms with Crippen molar-refractivity contribution in [2.75, 3.05) is 6.79 Å². The molecule has 1 aromatic heterocycles. The smallest absolute Gasteiger partial charge is 0.262 e. The summed E-state index contributed by atoms with van der Waals surface area (Å²) < 4.78 is 12.3. The Morgan fingerprint density at radius 3 is 2.73 bits per heavy atom. The van der Waals surface area contributed by atoms with Crippen molar-refractivity contribution in [3.63, 3.8) is 0 Å². The Bertz CT molecular complexity index is 1160. The van der Waals surface area contributed by atoms with Gasteiger partial charge in [-0.2, -0.15) is 0 Å². The Kier molecular flexibility index (Phi) is 5.67. The molecule has 1 aliphatic rings. The molecule has 4 rings (SSSR count). The normalized spacial score (nSPS) is 13.6. The lowest BCUT2D eigenvalue weighted by Crippen LogP contribution is -2.32. The van der Waals surface area contributed by atoms with E-state index >= 15 is 0 Å². The largest absolute Gasteiger partial charge is 0.454 e. The molecule has 2 aromatic carbocycles. The molecule has 0 saturated heterocycles. The second kappa shape index (κ2) is 8.39. The first-order chi connectivity index (χ1) is 14.4. The van der Waals surface area contributed by atoms with E-state index < -0.39 is 5.25 Å². The average molecular weight is 426 g/mol. The summed E-state index contributed by atoms with van der Waals surface area (Å²) in [4.78, 5) is 30.3. The summed E-state index contributed by atoms with van der Waals surface area (Å²) >= 11 is 1.29. The summed E-state index contributed by atoms with van der Waals surface area (Å²) in [5, 5.41) is 3.64. The van der Waals surface area contributed by atoms with Crippen LogP contribution in [0.5, 0.6) is 11.5 Å². The molecule has 0 fully saturated rings. The number of rotatable bonds is 6. The van der Waals surface area contributed by atoms with Crippen molar-refractivity contribution >= 4 is 28.6 Å². The molecule has 0 unspecified atom stereocenters. The van der Waals surface area contributed by atoms with Crippen molar-refractivity contribution in [2.24, 2.45) is 0 Å². The van der Waals surface area contributed by atoms with Gasteiger partial charge in [-0.15, -0.1) is 0 Å². The molecule has 0 saturated carbocycles. The minimum atomic E-state index is -0.419. The number of thioether (sulfide) groups is 1. The summed E-state index contributed by atoms with van der Waals surface area (Å²) in [6.07, 6.45) is 0. The van der Waals surface area contributed by atoms with Gasteiger partial charge in [0.2, 0.25) is 12.7 Å². The summed E-state index contributed by atoms with van der Waals surface area (Å²) in [6, 6.07) is 12.8. The Morgan fingerprint density at radius 2 is 1.93 bits per heavy atom. The third-order valence-corrected chi connectivity index (χ3v) is 5.91. The molecule has 1 aliphatic heterocycles. The number of carbonyl (C=O) groups excluding carboxylic acids is 1.